The average molecular weight is 489 g/mol. The Bertz CT molecular complexity index is 1010. The van der Waals surface area contributed by atoms with Crippen LogP contribution in [0, 0.1) is 0 Å². The second-order valence-corrected chi connectivity index (χ2v) is 8.87. The maximum Gasteiger partial charge on any atom is 0.469 e. The SMILES string of the molecule is CCOC(=O)CCCCC[C@@]1(n2cnc3c(N)ncnc32)O[C@H](COP(=O)(O)O)[C@@H](O)[C@H]1O. The highest BCUT2D eigenvalue weighted by Gasteiger charge is 2.56. The molecule has 6 N–H and O–H groups in total. The Morgan fingerprint density at radius 1 is 1.27 bits per heavy atom. The number of nitrogens with two attached hydrogens (primary N) is 1. The van der Waals surface area contributed by atoms with Crippen molar-refractivity contribution >= 4 is 30.8 Å². The number of imidazole rings is 1. The molecule has 1 aliphatic rings. The molecule has 0 saturated carbocycles. The molecule has 4 atom stereocenters. The normalized spacial score (nSPS) is 25.5. The third kappa shape index (κ3) is 5.66. The topological polar surface area (TPSA) is 212 Å². The molecule has 3 heterocycles. The Morgan fingerprint density at radius 2 is 2.03 bits per heavy atom. The van der Waals surface area contributed by atoms with E-state index in [1.807, 2.05) is 0 Å². The molecule has 184 valence electrons. The number of aliphatic hydroxyl groups is 2. The largest absolute Gasteiger partial charge is 0.469 e. The van der Waals surface area contributed by atoms with Gasteiger partial charge in [0.2, 0.25) is 0 Å². The number of aromatic nitrogens is 4. The fourth-order valence-corrected chi connectivity index (χ4v) is 4.23. The van der Waals surface area contributed by atoms with Gasteiger partial charge in [-0.3, -0.25) is 13.9 Å². The Labute approximate surface area is 188 Å². The van der Waals surface area contributed by atoms with Gasteiger partial charge in [0.25, 0.3) is 0 Å². The van der Waals surface area contributed by atoms with E-state index in [0.29, 0.717) is 25.9 Å². The van der Waals surface area contributed by atoms with Crippen LogP contribution in [0.15, 0.2) is 12.7 Å². The van der Waals surface area contributed by atoms with Crippen LogP contribution in [0.25, 0.3) is 11.2 Å². The fraction of sp³-hybridized carbons (Fsp3) is 0.667. The van der Waals surface area contributed by atoms with E-state index in [2.05, 4.69) is 19.5 Å². The molecule has 0 unspecified atom stereocenters. The van der Waals surface area contributed by atoms with Crippen LogP contribution in [0.4, 0.5) is 5.82 Å². The van der Waals surface area contributed by atoms with E-state index in [0.717, 1.165) is 0 Å². The lowest BCUT2D eigenvalue weighted by molar-refractivity contribution is -0.151. The summed E-state index contributed by atoms with van der Waals surface area (Å²) in [7, 11) is -4.83. The number of aliphatic hydroxyl groups excluding tert-OH is 2. The number of phosphoric ester groups is 1. The third-order valence-electron chi connectivity index (χ3n) is 5.42. The predicted octanol–water partition coefficient (Wildman–Crippen LogP) is -0.195. The van der Waals surface area contributed by atoms with E-state index in [9.17, 15) is 19.6 Å². The Kier molecular flexibility index (Phi) is 8.00. The van der Waals surface area contributed by atoms with E-state index in [4.69, 9.17) is 25.0 Å². The summed E-state index contributed by atoms with van der Waals surface area (Å²) in [4.78, 5) is 41.8. The summed E-state index contributed by atoms with van der Waals surface area (Å²) in [5, 5.41) is 21.6. The van der Waals surface area contributed by atoms with Gasteiger partial charge in [-0.15, -0.1) is 0 Å². The first kappa shape index (κ1) is 25.4. The molecule has 0 aliphatic carbocycles. The lowest BCUT2D eigenvalue weighted by Gasteiger charge is -2.34. The van der Waals surface area contributed by atoms with Gasteiger partial charge in [0, 0.05) is 6.42 Å². The molecule has 33 heavy (non-hydrogen) atoms. The van der Waals surface area contributed by atoms with Gasteiger partial charge in [-0.05, 0) is 26.2 Å². The number of hydrogen-bond acceptors (Lipinski definition) is 11. The van der Waals surface area contributed by atoms with E-state index in [1.165, 1.54) is 17.2 Å². The molecular formula is C18H28N5O9P. The number of fused-ring (bicyclic) bond motifs is 1. The second-order valence-electron chi connectivity index (χ2n) is 7.63. The summed E-state index contributed by atoms with van der Waals surface area (Å²) in [6.07, 6.45) is 0.274. The average Bonchev–Trinajstić information content (AvgIpc) is 3.28. The van der Waals surface area contributed by atoms with Crippen LogP contribution in [-0.2, 0) is 29.1 Å². The Morgan fingerprint density at radius 3 is 2.73 bits per heavy atom. The van der Waals surface area contributed by atoms with Crippen molar-refractivity contribution in [3.8, 4) is 0 Å². The minimum Gasteiger partial charge on any atom is -0.466 e. The highest BCUT2D eigenvalue weighted by molar-refractivity contribution is 7.46. The summed E-state index contributed by atoms with van der Waals surface area (Å²) in [6.45, 7) is 1.37. The number of esters is 1. The van der Waals surface area contributed by atoms with Crippen LogP contribution >= 0.6 is 7.82 Å². The first-order valence-corrected chi connectivity index (χ1v) is 12.0. The van der Waals surface area contributed by atoms with Crippen LogP contribution in [-0.4, -0.2) is 77.0 Å². The van der Waals surface area contributed by atoms with Gasteiger partial charge in [0.1, 0.15) is 30.2 Å². The zero-order valence-electron chi connectivity index (χ0n) is 18.0. The molecule has 0 aromatic carbocycles. The van der Waals surface area contributed by atoms with E-state index in [-0.39, 0.29) is 35.8 Å². The van der Waals surface area contributed by atoms with Gasteiger partial charge in [0.05, 0.1) is 19.5 Å². The van der Waals surface area contributed by atoms with Crippen molar-refractivity contribution < 1.29 is 43.4 Å². The molecule has 1 fully saturated rings. The maximum absolute atomic E-state index is 11.5. The van der Waals surface area contributed by atoms with Crippen LogP contribution in [0.3, 0.4) is 0 Å². The summed E-state index contributed by atoms with van der Waals surface area (Å²) >= 11 is 0. The maximum atomic E-state index is 11.5. The zero-order valence-corrected chi connectivity index (χ0v) is 18.9. The predicted molar refractivity (Wildman–Crippen MR) is 112 cm³/mol. The number of hydrogen-bond donors (Lipinski definition) is 5. The molecule has 0 radical (unpaired) electrons. The minimum absolute atomic E-state index is 0.109. The zero-order chi connectivity index (χ0) is 24.2. The molecule has 2 aromatic heterocycles. The summed E-state index contributed by atoms with van der Waals surface area (Å²) in [5.41, 5.74) is 4.79. The number of nitrogens with zero attached hydrogens (tertiary/aromatic N) is 4. The molecule has 2 aromatic rings. The molecule has 3 rings (SSSR count). The van der Waals surface area contributed by atoms with Gasteiger partial charge >= 0.3 is 13.8 Å². The van der Waals surface area contributed by atoms with Crippen LogP contribution in [0.5, 0.6) is 0 Å². The lowest BCUT2D eigenvalue weighted by Crippen LogP contribution is -2.45. The van der Waals surface area contributed by atoms with Crippen molar-refractivity contribution in [3.05, 3.63) is 12.7 Å². The summed E-state index contributed by atoms with van der Waals surface area (Å²) in [6, 6.07) is 0. The Hall–Kier alpha value is -2.19. The van der Waals surface area contributed by atoms with Crippen molar-refractivity contribution in [3.63, 3.8) is 0 Å². The molecular weight excluding hydrogens is 461 g/mol. The van der Waals surface area contributed by atoms with Gasteiger partial charge in [0.15, 0.2) is 17.2 Å². The molecule has 15 heteroatoms. The number of carbonyl (C=O) groups excluding carboxylic acids is 1. The Balaban J connectivity index is 1.84. The fourth-order valence-electron chi connectivity index (χ4n) is 3.89. The second kappa shape index (κ2) is 10.4. The first-order chi connectivity index (χ1) is 15.6. The van der Waals surface area contributed by atoms with E-state index >= 15 is 0 Å². The van der Waals surface area contributed by atoms with Crippen molar-refractivity contribution in [2.24, 2.45) is 0 Å². The van der Waals surface area contributed by atoms with Gasteiger partial charge in [-0.25, -0.2) is 19.5 Å². The standard InChI is InChI=1S/C18H28N5O9P/c1-2-30-12(24)6-4-3-5-7-18(23-10-22-13-16(19)20-9-21-17(13)23)15(26)14(25)11(32-18)8-31-33(27,28)29/h9-11,14-15,25-26H,2-8H2,1H3,(H2,19,20,21)(H2,27,28,29)/t11-,14-,15-,18-/m1/s1. The highest BCUT2D eigenvalue weighted by atomic mass is 31.2. The quantitative estimate of drug-likeness (QED) is 0.157. The van der Waals surface area contributed by atoms with E-state index < -0.39 is 38.5 Å². The molecule has 0 spiro atoms. The van der Waals surface area contributed by atoms with Crippen molar-refractivity contribution in [1.82, 2.24) is 19.5 Å². The lowest BCUT2D eigenvalue weighted by atomic mass is 9.96. The number of nitrogen functional groups attached to an aromatic ring is 1. The number of unbranched alkanes of at least 4 members (excludes halogenated alkanes) is 2. The third-order valence-corrected chi connectivity index (χ3v) is 5.91. The van der Waals surface area contributed by atoms with Crippen LogP contribution < -0.4 is 5.73 Å². The van der Waals surface area contributed by atoms with E-state index in [1.54, 1.807) is 6.92 Å². The highest BCUT2D eigenvalue weighted by Crippen LogP contribution is 2.43. The monoisotopic (exact) mass is 489 g/mol. The molecule has 0 bridgehead atoms. The number of carbonyl (C=O) groups is 1. The van der Waals surface area contributed by atoms with Crippen molar-refractivity contribution in [2.45, 2.75) is 63.1 Å². The molecule has 0 amide bonds. The molecule has 1 aliphatic heterocycles. The summed E-state index contributed by atoms with van der Waals surface area (Å²) < 4.78 is 27.9. The smallest absolute Gasteiger partial charge is 0.466 e. The van der Waals surface area contributed by atoms with Crippen molar-refractivity contribution in [2.75, 3.05) is 18.9 Å². The van der Waals surface area contributed by atoms with Gasteiger partial charge in [-0.1, -0.05) is 6.42 Å². The number of ether oxygens (including phenoxy) is 2. The van der Waals surface area contributed by atoms with Crippen LogP contribution in [0.2, 0.25) is 0 Å². The number of rotatable bonds is 11. The first-order valence-electron chi connectivity index (χ1n) is 10.4. The van der Waals surface area contributed by atoms with Crippen molar-refractivity contribution in [1.29, 1.82) is 0 Å². The van der Waals surface area contributed by atoms with Crippen LogP contribution in [0.1, 0.15) is 39.0 Å². The number of phosphoric acid groups is 1. The molecule has 14 nitrogen and oxygen atoms in total. The van der Waals surface area contributed by atoms with Gasteiger partial charge < -0.3 is 35.2 Å². The minimum atomic E-state index is -4.83. The number of anilines is 1. The van der Waals surface area contributed by atoms with Gasteiger partial charge in [-0.2, -0.15) is 0 Å². The summed E-state index contributed by atoms with van der Waals surface area (Å²) in [5.74, 6) is -0.194. The molecule has 1 saturated heterocycles.